The van der Waals surface area contributed by atoms with Crippen LogP contribution in [0, 0.1) is 6.92 Å². The third-order valence-electron chi connectivity index (χ3n) is 3.92. The molecule has 25 heavy (non-hydrogen) atoms. The van der Waals surface area contributed by atoms with E-state index >= 15 is 0 Å². The zero-order valence-electron chi connectivity index (χ0n) is 14.5. The second kappa shape index (κ2) is 8.67. The largest absolute Gasteiger partial charge is 0.360 e. The standard InChI is InChI=1S/C18H22ClN3O3/c1-4-12(2)22(11-16(23)20-15-10-13(3)25-21-15)18(24)17(19)14-8-6-5-7-9-14/h5-10,12,17H,4,11H2,1-3H3,(H,20,21,23). The Bertz CT molecular complexity index is 717. The van der Waals surface area contributed by atoms with Crippen LogP contribution in [0.4, 0.5) is 5.82 Å². The summed E-state index contributed by atoms with van der Waals surface area (Å²) in [5, 5.41) is 5.51. The summed E-state index contributed by atoms with van der Waals surface area (Å²) in [5.41, 5.74) is 0.704. The number of hydrogen-bond acceptors (Lipinski definition) is 4. The Hall–Kier alpha value is -2.34. The maximum Gasteiger partial charge on any atom is 0.245 e. The summed E-state index contributed by atoms with van der Waals surface area (Å²) in [6.45, 7) is 5.47. The summed E-state index contributed by atoms with van der Waals surface area (Å²) in [4.78, 5) is 26.6. The number of amides is 2. The van der Waals surface area contributed by atoms with Gasteiger partial charge in [0, 0.05) is 12.1 Å². The van der Waals surface area contributed by atoms with Crippen molar-refractivity contribution in [2.75, 3.05) is 11.9 Å². The maximum atomic E-state index is 12.8. The third-order valence-corrected chi connectivity index (χ3v) is 4.36. The van der Waals surface area contributed by atoms with Crippen LogP contribution in [0.3, 0.4) is 0 Å². The lowest BCUT2D eigenvalue weighted by Crippen LogP contribution is -2.44. The first-order valence-corrected chi connectivity index (χ1v) is 8.58. The van der Waals surface area contributed by atoms with E-state index < -0.39 is 5.38 Å². The summed E-state index contributed by atoms with van der Waals surface area (Å²) >= 11 is 6.35. The zero-order chi connectivity index (χ0) is 18.4. The summed E-state index contributed by atoms with van der Waals surface area (Å²) < 4.78 is 4.92. The molecule has 0 fully saturated rings. The monoisotopic (exact) mass is 363 g/mol. The molecule has 6 nitrogen and oxygen atoms in total. The molecule has 134 valence electrons. The van der Waals surface area contributed by atoms with Crippen molar-refractivity contribution >= 4 is 29.2 Å². The van der Waals surface area contributed by atoms with Gasteiger partial charge in [-0.2, -0.15) is 0 Å². The number of nitrogens with one attached hydrogen (secondary N) is 1. The lowest BCUT2D eigenvalue weighted by atomic mass is 10.1. The number of aryl methyl sites for hydroxylation is 1. The quantitative estimate of drug-likeness (QED) is 0.763. The number of alkyl halides is 1. The van der Waals surface area contributed by atoms with Crippen LogP contribution in [0.1, 0.15) is 37.0 Å². The highest BCUT2D eigenvalue weighted by atomic mass is 35.5. The molecule has 2 unspecified atom stereocenters. The minimum atomic E-state index is -0.836. The molecule has 0 radical (unpaired) electrons. The average molecular weight is 364 g/mol. The molecule has 1 aromatic heterocycles. The molecule has 1 N–H and O–H groups in total. The molecule has 0 saturated heterocycles. The molecule has 2 rings (SSSR count). The fourth-order valence-electron chi connectivity index (χ4n) is 2.34. The molecule has 7 heteroatoms. The predicted molar refractivity (Wildman–Crippen MR) is 96.4 cm³/mol. The molecule has 0 aliphatic heterocycles. The van der Waals surface area contributed by atoms with E-state index in [1.165, 1.54) is 4.90 Å². The Morgan fingerprint density at radius 3 is 2.56 bits per heavy atom. The van der Waals surface area contributed by atoms with Crippen molar-refractivity contribution in [3.63, 3.8) is 0 Å². The number of carbonyl (C=O) groups is 2. The van der Waals surface area contributed by atoms with Gasteiger partial charge in [-0.05, 0) is 25.8 Å². The smallest absolute Gasteiger partial charge is 0.245 e. The van der Waals surface area contributed by atoms with Crippen molar-refractivity contribution in [3.8, 4) is 0 Å². The topological polar surface area (TPSA) is 75.4 Å². The summed E-state index contributed by atoms with van der Waals surface area (Å²) in [5.74, 6) is 0.271. The van der Waals surface area contributed by atoms with Crippen LogP contribution in [0.15, 0.2) is 40.9 Å². The SMILES string of the molecule is CCC(C)N(CC(=O)Nc1cc(C)on1)C(=O)C(Cl)c1ccccc1. The van der Waals surface area contributed by atoms with Crippen LogP contribution in [0.2, 0.25) is 0 Å². The number of halogens is 1. The van der Waals surface area contributed by atoms with Gasteiger partial charge in [-0.1, -0.05) is 42.4 Å². The van der Waals surface area contributed by atoms with E-state index in [1.807, 2.05) is 32.0 Å². The van der Waals surface area contributed by atoms with Crippen LogP contribution >= 0.6 is 11.6 Å². The van der Waals surface area contributed by atoms with Gasteiger partial charge < -0.3 is 14.7 Å². The van der Waals surface area contributed by atoms with Gasteiger partial charge in [-0.15, -0.1) is 11.6 Å². The minimum Gasteiger partial charge on any atom is -0.360 e. The van der Waals surface area contributed by atoms with Crippen molar-refractivity contribution < 1.29 is 14.1 Å². The molecular formula is C18H22ClN3O3. The minimum absolute atomic E-state index is 0.101. The molecule has 1 aromatic carbocycles. The van der Waals surface area contributed by atoms with Gasteiger partial charge in [0.15, 0.2) is 5.82 Å². The summed E-state index contributed by atoms with van der Waals surface area (Å²) in [6, 6.07) is 10.6. The third kappa shape index (κ3) is 5.06. The van der Waals surface area contributed by atoms with Crippen LogP contribution in [0.25, 0.3) is 0 Å². The van der Waals surface area contributed by atoms with Crippen LogP contribution < -0.4 is 5.32 Å². The second-order valence-corrected chi connectivity index (χ2v) is 6.30. The van der Waals surface area contributed by atoms with Gasteiger partial charge in [0.1, 0.15) is 17.7 Å². The Kier molecular flexibility index (Phi) is 6.58. The van der Waals surface area contributed by atoms with Crippen molar-refractivity contribution in [2.24, 2.45) is 0 Å². The molecule has 2 atom stereocenters. The number of benzene rings is 1. The first-order valence-electron chi connectivity index (χ1n) is 8.15. The van der Waals surface area contributed by atoms with Gasteiger partial charge in [0.05, 0.1) is 0 Å². The molecule has 1 heterocycles. The first-order chi connectivity index (χ1) is 11.9. The zero-order valence-corrected chi connectivity index (χ0v) is 15.3. The fourth-order valence-corrected chi connectivity index (χ4v) is 2.61. The van der Waals surface area contributed by atoms with E-state index in [0.29, 0.717) is 23.6 Å². The van der Waals surface area contributed by atoms with Crippen LogP contribution in [-0.2, 0) is 9.59 Å². The van der Waals surface area contributed by atoms with E-state index in [1.54, 1.807) is 25.1 Å². The molecule has 0 bridgehead atoms. The first kappa shape index (κ1) is 19.0. The molecule has 0 saturated carbocycles. The van der Waals surface area contributed by atoms with E-state index in [2.05, 4.69) is 10.5 Å². The lowest BCUT2D eigenvalue weighted by Gasteiger charge is -2.29. The van der Waals surface area contributed by atoms with Gasteiger partial charge in [-0.3, -0.25) is 9.59 Å². The Morgan fingerprint density at radius 2 is 2.00 bits per heavy atom. The maximum absolute atomic E-state index is 12.8. The highest BCUT2D eigenvalue weighted by Gasteiger charge is 2.28. The lowest BCUT2D eigenvalue weighted by molar-refractivity contribution is -0.136. The average Bonchev–Trinajstić information content (AvgIpc) is 3.03. The highest BCUT2D eigenvalue weighted by Crippen LogP contribution is 2.24. The predicted octanol–water partition coefficient (Wildman–Crippen LogP) is 3.53. The molecule has 2 aromatic rings. The van der Waals surface area contributed by atoms with Crippen molar-refractivity contribution in [1.82, 2.24) is 10.1 Å². The van der Waals surface area contributed by atoms with Crippen LogP contribution in [-0.4, -0.2) is 34.5 Å². The van der Waals surface area contributed by atoms with E-state index in [-0.39, 0.29) is 24.4 Å². The Balaban J connectivity index is 2.09. The fraction of sp³-hybridized carbons (Fsp3) is 0.389. The van der Waals surface area contributed by atoms with Crippen molar-refractivity contribution in [3.05, 3.63) is 47.7 Å². The van der Waals surface area contributed by atoms with Crippen molar-refractivity contribution in [2.45, 2.75) is 38.6 Å². The highest BCUT2D eigenvalue weighted by molar-refractivity contribution is 6.30. The van der Waals surface area contributed by atoms with Gasteiger partial charge in [-0.25, -0.2) is 0 Å². The molecule has 0 spiro atoms. The number of hydrogen-bond donors (Lipinski definition) is 1. The van der Waals surface area contributed by atoms with Crippen LogP contribution in [0.5, 0.6) is 0 Å². The number of carbonyl (C=O) groups excluding carboxylic acids is 2. The van der Waals surface area contributed by atoms with Crippen molar-refractivity contribution in [1.29, 1.82) is 0 Å². The van der Waals surface area contributed by atoms with Gasteiger partial charge in [0.25, 0.3) is 0 Å². The normalized spacial score (nSPS) is 13.1. The van der Waals surface area contributed by atoms with E-state index in [4.69, 9.17) is 16.1 Å². The van der Waals surface area contributed by atoms with Gasteiger partial charge in [0.2, 0.25) is 11.8 Å². The van der Waals surface area contributed by atoms with E-state index in [9.17, 15) is 9.59 Å². The molecule has 0 aliphatic rings. The second-order valence-electron chi connectivity index (χ2n) is 5.87. The number of rotatable bonds is 7. The molecule has 0 aliphatic carbocycles. The summed E-state index contributed by atoms with van der Waals surface area (Å²) in [7, 11) is 0. The van der Waals surface area contributed by atoms with Gasteiger partial charge >= 0.3 is 0 Å². The summed E-state index contributed by atoms with van der Waals surface area (Å²) in [6.07, 6.45) is 0.709. The molecule has 2 amide bonds. The Morgan fingerprint density at radius 1 is 1.32 bits per heavy atom. The number of anilines is 1. The molecular weight excluding hydrogens is 342 g/mol. The number of nitrogens with zero attached hydrogens (tertiary/aromatic N) is 2. The number of aromatic nitrogens is 1. The van der Waals surface area contributed by atoms with E-state index in [0.717, 1.165) is 0 Å². The Labute approximate surface area is 152 Å².